The van der Waals surface area contributed by atoms with Crippen LogP contribution in [0.15, 0.2) is 36.5 Å². The lowest BCUT2D eigenvalue weighted by Crippen LogP contribution is -2.42. The molecule has 0 fully saturated rings. The zero-order chi connectivity index (χ0) is 31.6. The van der Waals surface area contributed by atoms with Crippen molar-refractivity contribution in [1.82, 2.24) is 25.6 Å². The molecule has 230 valence electrons. The smallest absolute Gasteiger partial charge is 0.328 e. The second-order valence-corrected chi connectivity index (χ2v) is 10.7. The minimum absolute atomic E-state index is 0.0280. The first-order valence-electron chi connectivity index (χ1n) is 14.0. The van der Waals surface area contributed by atoms with Crippen LogP contribution < -0.4 is 16.0 Å². The number of hydrogen-bond acceptors (Lipinski definition) is 11. The van der Waals surface area contributed by atoms with Crippen LogP contribution in [-0.4, -0.2) is 63.1 Å². The summed E-state index contributed by atoms with van der Waals surface area (Å²) in [5.74, 6) is -2.18. The molecule has 13 heteroatoms. The summed E-state index contributed by atoms with van der Waals surface area (Å²) >= 11 is 0. The van der Waals surface area contributed by atoms with E-state index in [1.165, 1.54) is 0 Å². The molecular formula is C30H38N6O7. The summed E-state index contributed by atoms with van der Waals surface area (Å²) in [6.07, 6.45) is 1.62. The Morgan fingerprint density at radius 3 is 2.40 bits per heavy atom. The molecule has 43 heavy (non-hydrogen) atoms. The Bertz CT molecular complexity index is 1470. The van der Waals surface area contributed by atoms with Crippen LogP contribution in [0.3, 0.4) is 0 Å². The molecule has 2 aromatic heterocycles. The van der Waals surface area contributed by atoms with Crippen molar-refractivity contribution < 1.29 is 33.8 Å². The van der Waals surface area contributed by atoms with Crippen molar-refractivity contribution in [2.45, 2.75) is 66.6 Å². The van der Waals surface area contributed by atoms with Crippen LogP contribution in [0.25, 0.3) is 11.0 Å². The number of nitrogens with one attached hydrogen (secondary N) is 3. The molecule has 1 aromatic carbocycles. The maximum Gasteiger partial charge on any atom is 0.328 e. The van der Waals surface area contributed by atoms with Gasteiger partial charge in [0.1, 0.15) is 6.04 Å². The van der Waals surface area contributed by atoms with Crippen molar-refractivity contribution in [2.24, 2.45) is 5.41 Å². The predicted octanol–water partition coefficient (Wildman–Crippen LogP) is 3.01. The summed E-state index contributed by atoms with van der Waals surface area (Å²) in [5, 5.41) is 19.3. The summed E-state index contributed by atoms with van der Waals surface area (Å²) in [6, 6.07) is 7.61. The van der Waals surface area contributed by atoms with E-state index in [0.717, 1.165) is 11.1 Å². The lowest BCUT2D eigenvalue weighted by Gasteiger charge is -2.17. The van der Waals surface area contributed by atoms with Crippen molar-refractivity contribution in [1.29, 1.82) is 0 Å². The topological polar surface area (TPSA) is 182 Å². The fourth-order valence-electron chi connectivity index (χ4n) is 3.88. The largest absolute Gasteiger partial charge is 0.493 e. The first-order chi connectivity index (χ1) is 20.4. The van der Waals surface area contributed by atoms with Gasteiger partial charge < -0.3 is 25.2 Å². The van der Waals surface area contributed by atoms with Crippen LogP contribution >= 0.6 is 0 Å². The number of benzene rings is 1. The van der Waals surface area contributed by atoms with Crippen LogP contribution in [0.2, 0.25) is 0 Å². The quantitative estimate of drug-likeness (QED) is 0.214. The molecule has 0 aliphatic carbocycles. The third-order valence-corrected chi connectivity index (χ3v) is 6.16. The van der Waals surface area contributed by atoms with Gasteiger partial charge in [0.25, 0.3) is 5.91 Å². The molecule has 0 radical (unpaired) electrons. The maximum atomic E-state index is 12.9. The van der Waals surface area contributed by atoms with Crippen molar-refractivity contribution in [2.75, 3.05) is 18.5 Å². The molecule has 2 heterocycles. The van der Waals surface area contributed by atoms with Gasteiger partial charge in [0.15, 0.2) is 5.65 Å². The number of carbonyl (C=O) groups is 4. The summed E-state index contributed by atoms with van der Waals surface area (Å²) in [7, 11) is 0. The molecule has 3 aromatic rings. The molecule has 0 unspecified atom stereocenters. The van der Waals surface area contributed by atoms with E-state index in [9.17, 15) is 24.3 Å². The Labute approximate surface area is 249 Å². The number of carbonyl (C=O) groups excluding carboxylic acids is 4. The van der Waals surface area contributed by atoms with Gasteiger partial charge in [-0.15, -0.1) is 0 Å². The summed E-state index contributed by atoms with van der Waals surface area (Å²) in [4.78, 5) is 61.8. The molecule has 13 nitrogen and oxygen atoms in total. The monoisotopic (exact) mass is 594 g/mol. The van der Waals surface area contributed by atoms with Crippen LogP contribution in [-0.2, 0) is 36.9 Å². The Morgan fingerprint density at radius 2 is 1.70 bits per heavy atom. The number of fused-ring (bicyclic) bond motifs is 1. The first-order valence-corrected chi connectivity index (χ1v) is 14.0. The second-order valence-electron chi connectivity index (χ2n) is 10.7. The number of hydrogen-bond donors (Lipinski definition) is 4. The molecule has 0 spiro atoms. The Morgan fingerprint density at radius 1 is 0.977 bits per heavy atom. The van der Waals surface area contributed by atoms with E-state index >= 15 is 0 Å². The fraction of sp³-hybridized carbons (Fsp3) is 0.433. The molecule has 0 bridgehead atoms. The lowest BCUT2D eigenvalue weighted by atomic mass is 9.96. The Kier molecular flexibility index (Phi) is 11.5. The summed E-state index contributed by atoms with van der Waals surface area (Å²) in [6.45, 7) is 9.78. The highest BCUT2D eigenvalue weighted by atomic mass is 16.5. The lowest BCUT2D eigenvalue weighted by molar-refractivity contribution is -0.146. The zero-order valence-corrected chi connectivity index (χ0v) is 25.0. The van der Waals surface area contributed by atoms with E-state index in [0.29, 0.717) is 24.0 Å². The molecule has 0 aliphatic rings. The average molecular weight is 595 g/mol. The highest BCUT2D eigenvalue weighted by molar-refractivity contribution is 5.97. The zero-order valence-electron chi connectivity index (χ0n) is 25.0. The second kappa shape index (κ2) is 15.0. The minimum Gasteiger partial charge on any atom is -0.493 e. The number of pyridine rings is 1. The van der Waals surface area contributed by atoms with Crippen LogP contribution in [0.5, 0.6) is 5.88 Å². The van der Waals surface area contributed by atoms with E-state index in [-0.39, 0.29) is 49.4 Å². The van der Waals surface area contributed by atoms with E-state index in [2.05, 4.69) is 30.9 Å². The molecule has 4 N–H and O–H groups in total. The number of aromatic nitrogens is 3. The molecule has 0 saturated carbocycles. The molecule has 0 aliphatic heterocycles. The summed E-state index contributed by atoms with van der Waals surface area (Å²) < 4.78 is 9.97. The number of aromatic hydroxyl groups is 1. The van der Waals surface area contributed by atoms with E-state index in [4.69, 9.17) is 9.47 Å². The first kappa shape index (κ1) is 32.9. The maximum absolute atomic E-state index is 12.9. The predicted molar refractivity (Wildman–Crippen MR) is 158 cm³/mol. The van der Waals surface area contributed by atoms with E-state index in [1.807, 2.05) is 6.07 Å². The average Bonchev–Trinajstić information content (AvgIpc) is 2.95. The number of nitrogens with zero attached hydrogens (tertiary/aromatic N) is 3. The van der Waals surface area contributed by atoms with Gasteiger partial charge in [-0.3, -0.25) is 19.7 Å². The van der Waals surface area contributed by atoms with Gasteiger partial charge >= 0.3 is 11.9 Å². The highest BCUT2D eigenvalue weighted by Gasteiger charge is 2.25. The van der Waals surface area contributed by atoms with Crippen molar-refractivity contribution in [3.05, 3.63) is 53.2 Å². The van der Waals surface area contributed by atoms with Crippen molar-refractivity contribution in [3.63, 3.8) is 0 Å². The van der Waals surface area contributed by atoms with Crippen molar-refractivity contribution in [3.8, 4) is 5.88 Å². The third-order valence-electron chi connectivity index (χ3n) is 6.16. The highest BCUT2D eigenvalue weighted by Crippen LogP contribution is 2.24. The number of anilines is 1. The Hall–Kier alpha value is -4.65. The van der Waals surface area contributed by atoms with Gasteiger partial charge in [0.2, 0.25) is 17.7 Å². The van der Waals surface area contributed by atoms with Crippen LogP contribution in [0.1, 0.15) is 68.9 Å². The molecular weight excluding hydrogens is 556 g/mol. The van der Waals surface area contributed by atoms with Gasteiger partial charge in [-0.05, 0) is 49.6 Å². The molecule has 3 rings (SSSR count). The van der Waals surface area contributed by atoms with Gasteiger partial charge in [-0.25, -0.2) is 9.78 Å². The van der Waals surface area contributed by atoms with E-state index < -0.39 is 29.3 Å². The molecule has 1 atom stereocenters. The fourth-order valence-corrected chi connectivity index (χ4v) is 3.88. The number of esters is 2. The number of rotatable bonds is 13. The third kappa shape index (κ3) is 9.70. The van der Waals surface area contributed by atoms with Gasteiger partial charge in [0, 0.05) is 36.7 Å². The molecule has 0 saturated heterocycles. The standard InChI is InChI=1S/C30H38N6O7/c1-6-42-23(37)12-11-22(27(40)43-7-2)33-25(38)20-10-8-9-18(13-20)15-31-16-19-14-21-24(32-17-19)34-29(35-26(21)39)36-28(41)30(3,4)5/h8-10,13-14,17,22,31H,6-7,11-12,15-16H2,1-5H3,(H,33,38)(H2,32,34,35,36,39,41)/t22-/m0/s1. The van der Waals surface area contributed by atoms with Crippen molar-refractivity contribution >= 4 is 40.7 Å². The summed E-state index contributed by atoms with van der Waals surface area (Å²) in [5.41, 5.74) is 1.49. The normalized spacial score (nSPS) is 11.9. The number of ether oxygens (including phenoxy) is 2. The minimum atomic E-state index is -0.995. The number of amides is 2. The van der Waals surface area contributed by atoms with Crippen LogP contribution in [0, 0.1) is 5.41 Å². The van der Waals surface area contributed by atoms with Gasteiger partial charge in [-0.1, -0.05) is 32.9 Å². The molecule has 2 amide bonds. The SMILES string of the molecule is CCOC(=O)CC[C@H](NC(=O)c1cccc(CNCc2cnc3nc(NC(=O)C(C)(C)C)nc(O)c3c2)c1)C(=O)OCC. The van der Waals surface area contributed by atoms with Crippen LogP contribution in [0.4, 0.5) is 5.95 Å². The Balaban J connectivity index is 1.62. The van der Waals surface area contributed by atoms with Gasteiger partial charge in [-0.2, -0.15) is 9.97 Å². The van der Waals surface area contributed by atoms with E-state index in [1.54, 1.807) is 65.1 Å². The van der Waals surface area contributed by atoms with Gasteiger partial charge in [0.05, 0.1) is 18.6 Å².